The predicted octanol–water partition coefficient (Wildman–Crippen LogP) is 4.45. The molecule has 0 N–H and O–H groups in total. The van der Waals surface area contributed by atoms with E-state index in [1.165, 1.54) is 10.9 Å². The van der Waals surface area contributed by atoms with Crippen LogP contribution in [0.3, 0.4) is 0 Å². The zero-order valence-electron chi connectivity index (χ0n) is 8.70. The summed E-state index contributed by atoms with van der Waals surface area (Å²) in [7, 11) is 0. The zero-order chi connectivity index (χ0) is 11.4. The molecule has 2 rings (SSSR count). The van der Waals surface area contributed by atoms with Crippen LogP contribution in [0.25, 0.3) is 0 Å². The molecule has 0 aliphatic rings. The van der Waals surface area contributed by atoms with E-state index in [2.05, 4.69) is 6.07 Å². The Balaban J connectivity index is 2.16. The van der Waals surface area contributed by atoms with Crippen LogP contribution in [0.15, 0.2) is 41.8 Å². The molecular weight excluding hydrogens is 243 g/mol. The monoisotopic (exact) mass is 254 g/mol. The quantitative estimate of drug-likeness (QED) is 0.707. The van der Waals surface area contributed by atoms with Gasteiger partial charge in [-0.15, -0.1) is 22.9 Å². The molecule has 1 aromatic heterocycles. The second kappa shape index (κ2) is 5.46. The molecule has 0 aliphatic carbocycles. The Morgan fingerprint density at radius 3 is 2.75 bits per heavy atom. The number of rotatable bonds is 4. The fourth-order valence-electron chi connectivity index (χ4n) is 1.69. The first kappa shape index (κ1) is 11.6. The van der Waals surface area contributed by atoms with Gasteiger partial charge in [-0.2, -0.15) is 0 Å². The molecule has 1 unspecified atom stereocenters. The zero-order valence-corrected chi connectivity index (χ0v) is 10.3. The maximum Gasteiger partial charge on any atom is 0.123 e. The summed E-state index contributed by atoms with van der Waals surface area (Å²) in [6, 6.07) is 10.8. The van der Waals surface area contributed by atoms with Gasteiger partial charge < -0.3 is 0 Å². The average molecular weight is 255 g/mol. The molecule has 84 valence electrons. The van der Waals surface area contributed by atoms with Crippen LogP contribution in [0.1, 0.15) is 16.4 Å². The van der Waals surface area contributed by atoms with Gasteiger partial charge in [0.25, 0.3) is 0 Å². The van der Waals surface area contributed by atoms with Crippen LogP contribution < -0.4 is 0 Å². The second-order valence-corrected chi connectivity index (χ2v) is 5.03. The smallest absolute Gasteiger partial charge is 0.123 e. The topological polar surface area (TPSA) is 0 Å². The lowest BCUT2D eigenvalue weighted by Gasteiger charge is -2.13. The maximum atomic E-state index is 13.1. The Bertz CT molecular complexity index is 439. The number of benzene rings is 1. The van der Waals surface area contributed by atoms with Crippen molar-refractivity contribution >= 4 is 22.9 Å². The molecule has 1 atom stereocenters. The van der Waals surface area contributed by atoms with Crippen LogP contribution in [-0.2, 0) is 6.42 Å². The summed E-state index contributed by atoms with van der Waals surface area (Å²) in [5.41, 5.74) is 0.975. The number of halogens is 2. The molecule has 0 aliphatic heterocycles. The highest BCUT2D eigenvalue weighted by Gasteiger charge is 2.12. The van der Waals surface area contributed by atoms with Crippen LogP contribution in [0.4, 0.5) is 4.39 Å². The Labute approximate surface area is 104 Å². The summed E-state index contributed by atoms with van der Waals surface area (Å²) in [4.78, 5) is 1.29. The van der Waals surface area contributed by atoms with Gasteiger partial charge in [0.1, 0.15) is 5.82 Å². The fourth-order valence-corrected chi connectivity index (χ4v) is 2.77. The molecule has 0 spiro atoms. The number of hydrogen-bond acceptors (Lipinski definition) is 1. The summed E-state index contributed by atoms with van der Waals surface area (Å²) >= 11 is 7.67. The molecule has 0 amide bonds. The Morgan fingerprint density at radius 1 is 1.25 bits per heavy atom. The van der Waals surface area contributed by atoms with E-state index >= 15 is 0 Å². The lowest BCUT2D eigenvalue weighted by atomic mass is 9.97. The lowest BCUT2D eigenvalue weighted by Crippen LogP contribution is -2.04. The van der Waals surface area contributed by atoms with Gasteiger partial charge in [0.15, 0.2) is 0 Å². The third-order valence-electron chi connectivity index (χ3n) is 2.53. The fraction of sp³-hybridized carbons (Fsp3) is 0.231. The summed E-state index contributed by atoms with van der Waals surface area (Å²) in [5.74, 6) is 0.510. The highest BCUT2D eigenvalue weighted by molar-refractivity contribution is 7.09. The van der Waals surface area contributed by atoms with Crippen molar-refractivity contribution in [2.24, 2.45) is 0 Å². The molecule has 3 heteroatoms. The predicted molar refractivity (Wildman–Crippen MR) is 67.9 cm³/mol. The Morgan fingerprint density at radius 2 is 2.12 bits per heavy atom. The average Bonchev–Trinajstić information content (AvgIpc) is 2.78. The van der Waals surface area contributed by atoms with Crippen molar-refractivity contribution in [3.8, 4) is 0 Å². The first-order chi connectivity index (χ1) is 7.79. The van der Waals surface area contributed by atoms with Gasteiger partial charge in [-0.1, -0.05) is 18.2 Å². The van der Waals surface area contributed by atoms with Crippen LogP contribution in [0.5, 0.6) is 0 Å². The Hall–Kier alpha value is -0.860. The molecule has 0 saturated carbocycles. The molecule has 0 saturated heterocycles. The standard InChI is InChI=1S/C13H12ClFS/c14-9-11(8-13-5-2-6-16-13)10-3-1-4-12(15)7-10/h1-7,11H,8-9H2. The van der Waals surface area contributed by atoms with E-state index in [1.54, 1.807) is 23.5 Å². The summed E-state index contributed by atoms with van der Waals surface area (Å²) in [6.45, 7) is 0. The van der Waals surface area contributed by atoms with Crippen molar-refractivity contribution in [3.63, 3.8) is 0 Å². The van der Waals surface area contributed by atoms with Gasteiger partial charge >= 0.3 is 0 Å². The molecule has 1 aromatic carbocycles. The van der Waals surface area contributed by atoms with E-state index in [1.807, 2.05) is 17.5 Å². The molecular formula is C13H12ClFS. The first-order valence-electron chi connectivity index (χ1n) is 5.13. The third kappa shape index (κ3) is 2.83. The molecule has 0 bridgehead atoms. The molecule has 0 radical (unpaired) electrons. The third-order valence-corrected chi connectivity index (χ3v) is 3.81. The van der Waals surface area contributed by atoms with Crippen LogP contribution in [0, 0.1) is 5.82 Å². The van der Waals surface area contributed by atoms with E-state index in [-0.39, 0.29) is 11.7 Å². The number of hydrogen-bond donors (Lipinski definition) is 0. The van der Waals surface area contributed by atoms with E-state index in [4.69, 9.17) is 11.6 Å². The van der Waals surface area contributed by atoms with Gasteiger partial charge in [0.2, 0.25) is 0 Å². The van der Waals surface area contributed by atoms with Gasteiger partial charge in [0, 0.05) is 16.7 Å². The van der Waals surface area contributed by atoms with Gasteiger partial charge in [-0.25, -0.2) is 4.39 Å². The van der Waals surface area contributed by atoms with Crippen molar-refractivity contribution in [1.29, 1.82) is 0 Å². The minimum Gasteiger partial charge on any atom is -0.207 e. The maximum absolute atomic E-state index is 13.1. The summed E-state index contributed by atoms with van der Waals surface area (Å²) in [5, 5.41) is 2.05. The summed E-state index contributed by atoms with van der Waals surface area (Å²) < 4.78 is 13.1. The molecule has 16 heavy (non-hydrogen) atoms. The van der Waals surface area contributed by atoms with Crippen molar-refractivity contribution in [3.05, 3.63) is 58.0 Å². The minimum absolute atomic E-state index is 0.191. The van der Waals surface area contributed by atoms with Gasteiger partial charge in [0.05, 0.1) is 0 Å². The molecule has 0 fully saturated rings. The van der Waals surface area contributed by atoms with E-state index in [9.17, 15) is 4.39 Å². The van der Waals surface area contributed by atoms with Crippen LogP contribution >= 0.6 is 22.9 Å². The molecule has 0 nitrogen and oxygen atoms in total. The SMILES string of the molecule is Fc1cccc(C(CCl)Cc2cccs2)c1. The molecule has 1 heterocycles. The Kier molecular flexibility index (Phi) is 3.97. The second-order valence-electron chi connectivity index (χ2n) is 3.69. The lowest BCUT2D eigenvalue weighted by molar-refractivity contribution is 0.621. The van der Waals surface area contributed by atoms with Crippen molar-refractivity contribution in [2.45, 2.75) is 12.3 Å². The number of alkyl halides is 1. The van der Waals surface area contributed by atoms with Crippen molar-refractivity contribution in [2.75, 3.05) is 5.88 Å². The van der Waals surface area contributed by atoms with Gasteiger partial charge in [-0.05, 0) is 35.6 Å². The minimum atomic E-state index is -0.196. The first-order valence-corrected chi connectivity index (χ1v) is 6.55. The highest BCUT2D eigenvalue weighted by Crippen LogP contribution is 2.25. The van der Waals surface area contributed by atoms with Crippen molar-refractivity contribution in [1.82, 2.24) is 0 Å². The van der Waals surface area contributed by atoms with E-state index in [0.29, 0.717) is 5.88 Å². The van der Waals surface area contributed by atoms with Crippen LogP contribution in [-0.4, -0.2) is 5.88 Å². The van der Waals surface area contributed by atoms with E-state index < -0.39 is 0 Å². The van der Waals surface area contributed by atoms with E-state index in [0.717, 1.165) is 12.0 Å². The van der Waals surface area contributed by atoms with Crippen LogP contribution in [0.2, 0.25) is 0 Å². The van der Waals surface area contributed by atoms with Crippen molar-refractivity contribution < 1.29 is 4.39 Å². The van der Waals surface area contributed by atoms with Gasteiger partial charge in [-0.3, -0.25) is 0 Å². The number of thiophene rings is 1. The molecule has 2 aromatic rings. The summed E-state index contributed by atoms with van der Waals surface area (Å²) in [6.07, 6.45) is 0.880. The normalized spacial score (nSPS) is 12.6. The largest absolute Gasteiger partial charge is 0.207 e. The highest BCUT2D eigenvalue weighted by atomic mass is 35.5.